The van der Waals surface area contributed by atoms with Crippen LogP contribution in [0.1, 0.15) is 39.3 Å². The molecular formula is C20H27N7O2S. The average Bonchev–Trinajstić information content (AvgIpc) is 3.29. The predicted octanol–water partition coefficient (Wildman–Crippen LogP) is 4.44. The highest BCUT2D eigenvalue weighted by atomic mass is 32.1. The van der Waals surface area contributed by atoms with Gasteiger partial charge in [-0.3, -0.25) is 5.10 Å². The highest BCUT2D eigenvalue weighted by Gasteiger charge is 2.38. The van der Waals surface area contributed by atoms with Crippen LogP contribution < -0.4 is 10.6 Å². The molecule has 3 aromatic heterocycles. The van der Waals surface area contributed by atoms with Crippen molar-refractivity contribution < 1.29 is 9.90 Å². The number of H-pyrrole nitrogens is 1. The maximum atomic E-state index is 11.7. The molecule has 2 atom stereocenters. The Balaban J connectivity index is 1.57. The van der Waals surface area contributed by atoms with Crippen molar-refractivity contribution in [1.29, 1.82) is 0 Å². The van der Waals surface area contributed by atoms with E-state index in [1.165, 1.54) is 0 Å². The van der Waals surface area contributed by atoms with Crippen LogP contribution in [0.5, 0.6) is 0 Å². The first-order valence-corrected chi connectivity index (χ1v) is 10.9. The van der Waals surface area contributed by atoms with E-state index in [0.29, 0.717) is 37.0 Å². The van der Waals surface area contributed by atoms with E-state index in [2.05, 4.69) is 46.6 Å². The number of rotatable bonds is 4. The number of nitrogens with one attached hydrogen (secondary N) is 3. The standard InChI is InChI=1S/C20H27N7O2S/c1-11-9-15(26-25-11)22-16-13-6-8-30-17(13)24-18(23-16)21-12-5-7-27(19(28)29)14(10-12)20(2,3)4/h6,8-9,12,14H,5,7,10H2,1-4H3,(H,28,29)(H3,21,22,23,24,25,26). The van der Waals surface area contributed by atoms with Crippen molar-refractivity contribution in [2.75, 3.05) is 17.2 Å². The second-order valence-electron chi connectivity index (χ2n) is 8.82. The van der Waals surface area contributed by atoms with Gasteiger partial charge in [0.1, 0.15) is 10.6 Å². The molecule has 160 valence electrons. The first-order chi connectivity index (χ1) is 14.2. The Kier molecular flexibility index (Phi) is 5.27. The number of anilines is 3. The monoisotopic (exact) mass is 429 g/mol. The summed E-state index contributed by atoms with van der Waals surface area (Å²) in [6.07, 6.45) is 0.569. The summed E-state index contributed by atoms with van der Waals surface area (Å²) in [5.74, 6) is 1.94. The zero-order valence-electron chi connectivity index (χ0n) is 17.6. The second kappa shape index (κ2) is 7.75. The number of likely N-dealkylation sites (tertiary alicyclic amines) is 1. The van der Waals surface area contributed by atoms with Crippen molar-refractivity contribution >= 4 is 45.2 Å². The van der Waals surface area contributed by atoms with Crippen LogP contribution in [0, 0.1) is 12.3 Å². The van der Waals surface area contributed by atoms with Crippen LogP contribution in [-0.2, 0) is 0 Å². The number of nitrogens with zero attached hydrogens (tertiary/aromatic N) is 4. The van der Waals surface area contributed by atoms with Crippen molar-refractivity contribution in [3.05, 3.63) is 23.2 Å². The highest BCUT2D eigenvalue weighted by Crippen LogP contribution is 2.34. The van der Waals surface area contributed by atoms with E-state index in [1.54, 1.807) is 16.2 Å². The molecule has 1 amide bonds. The lowest BCUT2D eigenvalue weighted by molar-refractivity contribution is 0.0557. The number of carbonyl (C=O) groups is 1. The number of aryl methyl sites for hydroxylation is 1. The Morgan fingerprint density at radius 2 is 2.17 bits per heavy atom. The summed E-state index contributed by atoms with van der Waals surface area (Å²) in [6.45, 7) is 8.68. The van der Waals surface area contributed by atoms with Gasteiger partial charge in [0.25, 0.3) is 0 Å². The number of fused-ring (bicyclic) bond motifs is 1. The van der Waals surface area contributed by atoms with Gasteiger partial charge in [-0.2, -0.15) is 10.1 Å². The number of thiophene rings is 1. The molecule has 3 aromatic rings. The zero-order chi connectivity index (χ0) is 21.5. The molecule has 0 aliphatic carbocycles. The number of hydrogen-bond donors (Lipinski definition) is 4. The molecule has 0 bridgehead atoms. The van der Waals surface area contributed by atoms with Crippen LogP contribution in [0.3, 0.4) is 0 Å². The van der Waals surface area contributed by atoms with Crippen molar-refractivity contribution in [2.45, 2.75) is 52.6 Å². The molecule has 1 saturated heterocycles. The molecule has 9 nitrogen and oxygen atoms in total. The van der Waals surface area contributed by atoms with Gasteiger partial charge in [-0.05, 0) is 36.6 Å². The number of aromatic nitrogens is 4. The van der Waals surface area contributed by atoms with Crippen LogP contribution in [0.25, 0.3) is 10.2 Å². The van der Waals surface area contributed by atoms with Crippen LogP contribution >= 0.6 is 11.3 Å². The minimum absolute atomic E-state index is 0.0728. The molecule has 2 unspecified atom stereocenters. The molecule has 0 saturated carbocycles. The normalized spacial score (nSPS) is 19.8. The highest BCUT2D eigenvalue weighted by molar-refractivity contribution is 7.16. The summed E-state index contributed by atoms with van der Waals surface area (Å²) in [4.78, 5) is 23.5. The molecule has 1 aliphatic heterocycles. The van der Waals surface area contributed by atoms with Crippen LogP contribution in [-0.4, -0.2) is 54.9 Å². The van der Waals surface area contributed by atoms with E-state index in [4.69, 9.17) is 4.98 Å². The molecule has 4 N–H and O–H groups in total. The largest absolute Gasteiger partial charge is 0.465 e. The van der Waals surface area contributed by atoms with E-state index < -0.39 is 6.09 Å². The Morgan fingerprint density at radius 3 is 2.83 bits per heavy atom. The molecule has 10 heteroatoms. The first-order valence-electron chi connectivity index (χ1n) is 10.0. The van der Waals surface area contributed by atoms with Gasteiger partial charge in [0.2, 0.25) is 5.95 Å². The van der Waals surface area contributed by atoms with Gasteiger partial charge in [-0.1, -0.05) is 20.8 Å². The van der Waals surface area contributed by atoms with E-state index in [9.17, 15) is 9.90 Å². The van der Waals surface area contributed by atoms with Crippen LogP contribution in [0.2, 0.25) is 0 Å². The summed E-state index contributed by atoms with van der Waals surface area (Å²) in [6, 6.07) is 3.94. The fourth-order valence-corrected chi connectivity index (χ4v) is 4.71. The Bertz CT molecular complexity index is 1060. The molecule has 0 radical (unpaired) electrons. The van der Waals surface area contributed by atoms with Gasteiger partial charge >= 0.3 is 6.09 Å². The van der Waals surface area contributed by atoms with Crippen LogP contribution in [0.15, 0.2) is 17.5 Å². The van der Waals surface area contributed by atoms with Gasteiger partial charge in [-0.15, -0.1) is 11.3 Å². The van der Waals surface area contributed by atoms with Crippen molar-refractivity contribution in [3.63, 3.8) is 0 Å². The quantitative estimate of drug-likeness (QED) is 0.484. The summed E-state index contributed by atoms with van der Waals surface area (Å²) in [5, 5.41) is 26.4. The fourth-order valence-electron chi connectivity index (χ4n) is 3.95. The second-order valence-corrected chi connectivity index (χ2v) is 9.71. The Hall–Kier alpha value is -2.88. The van der Waals surface area contributed by atoms with Gasteiger partial charge in [0.15, 0.2) is 5.82 Å². The summed E-state index contributed by atoms with van der Waals surface area (Å²) < 4.78 is 0. The number of amides is 1. The molecule has 0 aromatic carbocycles. The number of piperidine rings is 1. The third-order valence-electron chi connectivity index (χ3n) is 5.46. The lowest BCUT2D eigenvalue weighted by atomic mass is 9.79. The third kappa shape index (κ3) is 4.18. The molecule has 1 fully saturated rings. The van der Waals surface area contributed by atoms with E-state index in [0.717, 1.165) is 15.9 Å². The Morgan fingerprint density at radius 1 is 1.37 bits per heavy atom. The topological polar surface area (TPSA) is 119 Å². The van der Waals surface area contributed by atoms with E-state index in [-0.39, 0.29) is 17.5 Å². The van der Waals surface area contributed by atoms with E-state index in [1.807, 2.05) is 24.4 Å². The maximum absolute atomic E-state index is 11.7. The fraction of sp³-hybridized carbons (Fsp3) is 0.500. The van der Waals surface area contributed by atoms with Crippen molar-refractivity contribution in [3.8, 4) is 0 Å². The zero-order valence-corrected chi connectivity index (χ0v) is 18.4. The van der Waals surface area contributed by atoms with Gasteiger partial charge < -0.3 is 20.6 Å². The lowest BCUT2D eigenvalue weighted by Gasteiger charge is -2.44. The molecule has 1 aliphatic rings. The smallest absolute Gasteiger partial charge is 0.407 e. The van der Waals surface area contributed by atoms with Gasteiger partial charge in [-0.25, -0.2) is 9.78 Å². The molecule has 4 heterocycles. The third-order valence-corrected chi connectivity index (χ3v) is 6.27. The summed E-state index contributed by atoms with van der Waals surface area (Å²) in [7, 11) is 0. The van der Waals surface area contributed by atoms with Crippen molar-refractivity contribution in [2.24, 2.45) is 5.41 Å². The molecular weight excluding hydrogens is 402 g/mol. The molecule has 4 rings (SSSR count). The lowest BCUT2D eigenvalue weighted by Crippen LogP contribution is -2.54. The summed E-state index contributed by atoms with van der Waals surface area (Å²) >= 11 is 1.56. The minimum Gasteiger partial charge on any atom is -0.465 e. The number of hydrogen-bond acceptors (Lipinski definition) is 7. The van der Waals surface area contributed by atoms with Gasteiger partial charge in [0, 0.05) is 30.4 Å². The predicted molar refractivity (Wildman–Crippen MR) is 119 cm³/mol. The van der Waals surface area contributed by atoms with Crippen LogP contribution in [0.4, 0.5) is 22.4 Å². The number of aromatic amines is 1. The minimum atomic E-state index is -0.856. The Labute approximate surface area is 178 Å². The van der Waals surface area contributed by atoms with Gasteiger partial charge in [0.05, 0.1) is 5.39 Å². The molecule has 0 spiro atoms. The first kappa shape index (κ1) is 20.4. The molecule has 30 heavy (non-hydrogen) atoms. The number of carboxylic acid groups (broad SMARTS) is 1. The van der Waals surface area contributed by atoms with Crippen molar-refractivity contribution in [1.82, 2.24) is 25.1 Å². The average molecular weight is 430 g/mol. The SMILES string of the molecule is Cc1cc(Nc2nc(NC3CCN(C(=O)O)C(C(C)(C)C)C3)nc3sccc23)n[nH]1. The maximum Gasteiger partial charge on any atom is 0.407 e. The summed E-state index contributed by atoms with van der Waals surface area (Å²) in [5.41, 5.74) is 0.812. The van der Waals surface area contributed by atoms with E-state index >= 15 is 0 Å².